The lowest BCUT2D eigenvalue weighted by molar-refractivity contribution is -0.140. The molecule has 0 aliphatic rings. The molecular formula is C27H36N4O5. The first-order valence-electron chi connectivity index (χ1n) is 11.9. The Hall–Kier alpha value is -3.88. The largest absolute Gasteiger partial charge is 0.444 e. The normalized spacial score (nSPS) is 12.7. The number of amides is 4. The van der Waals surface area contributed by atoms with Crippen molar-refractivity contribution >= 4 is 29.5 Å². The van der Waals surface area contributed by atoms with Crippen molar-refractivity contribution in [3.8, 4) is 0 Å². The highest BCUT2D eigenvalue weighted by Crippen LogP contribution is 2.25. The molecule has 0 fully saturated rings. The molecule has 2 aromatic rings. The predicted octanol–water partition coefficient (Wildman–Crippen LogP) is 3.68. The van der Waals surface area contributed by atoms with Gasteiger partial charge in [-0.3, -0.25) is 14.4 Å². The summed E-state index contributed by atoms with van der Waals surface area (Å²) < 4.78 is 5.31. The number of nitrogens with two attached hydrogens (primary N) is 1. The van der Waals surface area contributed by atoms with Crippen LogP contribution in [-0.4, -0.2) is 46.9 Å². The molecule has 0 radical (unpaired) electrons. The molecule has 2 unspecified atom stereocenters. The molecule has 9 heteroatoms. The van der Waals surface area contributed by atoms with Crippen LogP contribution in [0.4, 0.5) is 10.5 Å². The fourth-order valence-electron chi connectivity index (χ4n) is 3.68. The van der Waals surface area contributed by atoms with Gasteiger partial charge in [0.2, 0.25) is 11.8 Å². The van der Waals surface area contributed by atoms with Crippen LogP contribution in [0.3, 0.4) is 0 Å². The van der Waals surface area contributed by atoms with Gasteiger partial charge in [0.15, 0.2) is 0 Å². The zero-order valence-corrected chi connectivity index (χ0v) is 21.5. The summed E-state index contributed by atoms with van der Waals surface area (Å²) in [5, 5.41) is 5.48. The topological polar surface area (TPSA) is 131 Å². The third-order valence-corrected chi connectivity index (χ3v) is 5.37. The molecule has 0 aliphatic heterocycles. The molecule has 4 amide bonds. The van der Waals surface area contributed by atoms with E-state index in [0.29, 0.717) is 11.3 Å². The SMILES string of the molecule is CCN(C(=O)C(CCC(N)=O)NC(=O)OC(C)(C)C)C(C(=O)Nc1ccccc1C)c1ccccc1. The van der Waals surface area contributed by atoms with Crippen LogP contribution in [0.15, 0.2) is 54.6 Å². The smallest absolute Gasteiger partial charge is 0.408 e. The zero-order valence-electron chi connectivity index (χ0n) is 21.5. The van der Waals surface area contributed by atoms with Crippen LogP contribution < -0.4 is 16.4 Å². The minimum Gasteiger partial charge on any atom is -0.444 e. The van der Waals surface area contributed by atoms with Crippen molar-refractivity contribution in [3.63, 3.8) is 0 Å². The molecule has 194 valence electrons. The number of ether oxygens (including phenoxy) is 1. The molecule has 2 aromatic carbocycles. The number of nitrogens with one attached hydrogen (secondary N) is 2. The number of primary amides is 1. The summed E-state index contributed by atoms with van der Waals surface area (Å²) in [7, 11) is 0. The standard InChI is InChI=1S/C27H36N4O5/c1-6-31(25(34)21(16-17-22(28)32)30-26(35)36-27(3,4)5)23(19-13-8-7-9-14-19)24(33)29-20-15-11-10-12-18(20)2/h7-15,21,23H,6,16-17H2,1-5H3,(H2,28,32)(H,29,33)(H,30,35). The maximum atomic E-state index is 13.8. The number of nitrogens with zero attached hydrogens (tertiary/aromatic N) is 1. The van der Waals surface area contributed by atoms with Gasteiger partial charge in [-0.15, -0.1) is 0 Å². The van der Waals surface area contributed by atoms with E-state index in [-0.39, 0.29) is 19.4 Å². The van der Waals surface area contributed by atoms with E-state index in [1.54, 1.807) is 58.0 Å². The first-order valence-corrected chi connectivity index (χ1v) is 11.9. The van der Waals surface area contributed by atoms with Crippen LogP contribution in [-0.2, 0) is 19.1 Å². The van der Waals surface area contributed by atoms with Crippen LogP contribution in [0.2, 0.25) is 0 Å². The van der Waals surface area contributed by atoms with E-state index in [9.17, 15) is 19.2 Å². The minimum atomic E-state index is -1.12. The first-order chi connectivity index (χ1) is 16.9. The summed E-state index contributed by atoms with van der Waals surface area (Å²) in [6, 6.07) is 14.1. The van der Waals surface area contributed by atoms with Gasteiger partial charge in [-0.2, -0.15) is 0 Å². The molecule has 2 atom stereocenters. The van der Waals surface area contributed by atoms with Gasteiger partial charge in [0, 0.05) is 18.7 Å². The van der Waals surface area contributed by atoms with Crippen LogP contribution >= 0.6 is 0 Å². The number of alkyl carbamates (subject to hydrolysis) is 1. The Bertz CT molecular complexity index is 1070. The van der Waals surface area contributed by atoms with Crippen molar-refractivity contribution in [3.05, 3.63) is 65.7 Å². The van der Waals surface area contributed by atoms with Gasteiger partial charge in [0.25, 0.3) is 5.91 Å². The van der Waals surface area contributed by atoms with Crippen molar-refractivity contribution in [2.24, 2.45) is 5.73 Å². The number of benzene rings is 2. The Morgan fingerprint density at radius 3 is 2.17 bits per heavy atom. The fraction of sp³-hybridized carbons (Fsp3) is 0.407. The lowest BCUT2D eigenvalue weighted by atomic mass is 10.0. The number of anilines is 1. The van der Waals surface area contributed by atoms with Crippen molar-refractivity contribution in [1.82, 2.24) is 10.2 Å². The molecule has 9 nitrogen and oxygen atoms in total. The van der Waals surface area contributed by atoms with E-state index in [4.69, 9.17) is 10.5 Å². The zero-order chi connectivity index (χ0) is 26.9. The molecule has 0 bridgehead atoms. The Morgan fingerprint density at radius 2 is 1.61 bits per heavy atom. The molecule has 0 aliphatic carbocycles. The molecule has 0 heterocycles. The quantitative estimate of drug-likeness (QED) is 0.462. The van der Waals surface area contributed by atoms with Gasteiger partial charge >= 0.3 is 6.09 Å². The third kappa shape index (κ3) is 8.41. The summed E-state index contributed by atoms with van der Waals surface area (Å²) in [6.45, 7) is 8.89. The molecule has 0 saturated heterocycles. The molecule has 2 rings (SSSR count). The lowest BCUT2D eigenvalue weighted by Gasteiger charge is -2.33. The number of carbonyl (C=O) groups excluding carboxylic acids is 4. The molecule has 0 spiro atoms. The maximum Gasteiger partial charge on any atom is 0.408 e. The van der Waals surface area contributed by atoms with Gasteiger partial charge in [0.1, 0.15) is 17.7 Å². The first kappa shape index (κ1) is 28.4. The summed E-state index contributed by atoms with van der Waals surface area (Å²) >= 11 is 0. The predicted molar refractivity (Wildman–Crippen MR) is 138 cm³/mol. The number of likely N-dealkylation sites (N-methyl/N-ethyl adjacent to an activating group) is 1. The van der Waals surface area contributed by atoms with Gasteiger partial charge < -0.3 is 26.0 Å². The summed E-state index contributed by atoms with van der Waals surface area (Å²) in [6.07, 6.45) is -0.970. The van der Waals surface area contributed by atoms with Crippen molar-refractivity contribution < 1.29 is 23.9 Å². The number of hydrogen-bond donors (Lipinski definition) is 3. The van der Waals surface area contributed by atoms with Crippen molar-refractivity contribution in [1.29, 1.82) is 0 Å². The number of para-hydroxylation sites is 1. The summed E-state index contributed by atoms with van der Waals surface area (Å²) in [4.78, 5) is 52.7. The highest BCUT2D eigenvalue weighted by Gasteiger charge is 2.35. The average molecular weight is 497 g/mol. The fourth-order valence-corrected chi connectivity index (χ4v) is 3.68. The number of aryl methyl sites for hydroxylation is 1. The number of hydrogen-bond acceptors (Lipinski definition) is 5. The van der Waals surface area contributed by atoms with E-state index in [0.717, 1.165) is 5.56 Å². The van der Waals surface area contributed by atoms with E-state index >= 15 is 0 Å². The van der Waals surface area contributed by atoms with Gasteiger partial charge in [0.05, 0.1) is 0 Å². The second kappa shape index (κ2) is 12.7. The summed E-state index contributed by atoms with van der Waals surface area (Å²) in [5.41, 5.74) is 6.63. The Kier molecular flexibility index (Phi) is 10.0. The van der Waals surface area contributed by atoms with Gasteiger partial charge in [-0.1, -0.05) is 48.5 Å². The van der Waals surface area contributed by atoms with Crippen LogP contribution in [0.5, 0.6) is 0 Å². The maximum absolute atomic E-state index is 13.8. The van der Waals surface area contributed by atoms with E-state index < -0.39 is 41.5 Å². The average Bonchev–Trinajstić information content (AvgIpc) is 2.80. The van der Waals surface area contributed by atoms with Gasteiger partial charge in [-0.25, -0.2) is 4.79 Å². The monoisotopic (exact) mass is 496 g/mol. The molecule has 36 heavy (non-hydrogen) atoms. The number of rotatable bonds is 10. The third-order valence-electron chi connectivity index (χ3n) is 5.37. The minimum absolute atomic E-state index is 0.0369. The van der Waals surface area contributed by atoms with Crippen LogP contribution in [0, 0.1) is 6.92 Å². The molecule has 0 aromatic heterocycles. The molecule has 0 saturated carbocycles. The highest BCUT2D eigenvalue weighted by molar-refractivity contribution is 5.99. The summed E-state index contributed by atoms with van der Waals surface area (Å²) in [5.74, 6) is -1.55. The second-order valence-electron chi connectivity index (χ2n) is 9.45. The molecular weight excluding hydrogens is 460 g/mol. The van der Waals surface area contributed by atoms with Crippen LogP contribution in [0.25, 0.3) is 0 Å². The van der Waals surface area contributed by atoms with E-state index in [1.165, 1.54) is 4.90 Å². The van der Waals surface area contributed by atoms with Gasteiger partial charge in [-0.05, 0) is 58.2 Å². The number of carbonyl (C=O) groups is 4. The molecule has 4 N–H and O–H groups in total. The second-order valence-corrected chi connectivity index (χ2v) is 9.45. The highest BCUT2D eigenvalue weighted by atomic mass is 16.6. The van der Waals surface area contributed by atoms with E-state index in [2.05, 4.69) is 10.6 Å². The van der Waals surface area contributed by atoms with Crippen molar-refractivity contribution in [2.75, 3.05) is 11.9 Å². The lowest BCUT2D eigenvalue weighted by Crippen LogP contribution is -2.52. The van der Waals surface area contributed by atoms with Crippen molar-refractivity contribution in [2.45, 2.75) is 65.1 Å². The Balaban J connectivity index is 2.41. The Labute approximate surface area is 212 Å². The van der Waals surface area contributed by atoms with E-state index in [1.807, 2.05) is 31.2 Å². The Morgan fingerprint density at radius 1 is 1.00 bits per heavy atom. The van der Waals surface area contributed by atoms with Crippen LogP contribution in [0.1, 0.15) is 57.7 Å².